The number of benzene rings is 1. The molecule has 0 aliphatic heterocycles. The number of amides is 2. The van der Waals surface area contributed by atoms with Crippen molar-refractivity contribution < 1.29 is 9.59 Å². The highest BCUT2D eigenvalue weighted by molar-refractivity contribution is 9.10. The van der Waals surface area contributed by atoms with Crippen molar-refractivity contribution in [3.8, 4) is 0 Å². The molecule has 0 radical (unpaired) electrons. The fraction of sp³-hybridized carbons (Fsp3) is 0.619. The molecule has 0 bridgehead atoms. The van der Waals surface area contributed by atoms with E-state index >= 15 is 0 Å². The lowest BCUT2D eigenvalue weighted by Crippen LogP contribution is -2.47. The zero-order valence-electron chi connectivity index (χ0n) is 16.3. The van der Waals surface area contributed by atoms with Gasteiger partial charge in [-0.15, -0.1) is 0 Å². The smallest absolute Gasteiger partial charge is 0.246 e. The largest absolute Gasteiger partial charge is 0.344 e. The molecule has 1 saturated carbocycles. The first-order valence-electron chi connectivity index (χ1n) is 9.63. The summed E-state index contributed by atoms with van der Waals surface area (Å²) in [6.07, 6.45) is 4.68. The van der Waals surface area contributed by atoms with Crippen LogP contribution in [0.25, 0.3) is 0 Å². The Morgan fingerprint density at radius 2 is 1.85 bits per heavy atom. The van der Waals surface area contributed by atoms with Gasteiger partial charge < -0.3 is 10.6 Å². The van der Waals surface area contributed by atoms with Crippen molar-refractivity contribution in [3.05, 3.63) is 28.2 Å². The van der Waals surface area contributed by atoms with Crippen LogP contribution in [0.4, 0.5) is 5.69 Å². The second kappa shape index (κ2) is 9.54. The van der Waals surface area contributed by atoms with Crippen LogP contribution in [-0.2, 0) is 9.59 Å². The van der Waals surface area contributed by atoms with Crippen LogP contribution in [0.2, 0.25) is 0 Å². The number of carbonyl (C=O) groups excluding carboxylic acids is 2. The Kier molecular flexibility index (Phi) is 7.69. The topological polar surface area (TPSA) is 58.2 Å². The lowest BCUT2D eigenvalue weighted by molar-refractivity contribution is -0.130. The van der Waals surface area contributed by atoms with Crippen LogP contribution in [0, 0.1) is 24.7 Å². The quantitative estimate of drug-likeness (QED) is 0.673. The van der Waals surface area contributed by atoms with Gasteiger partial charge >= 0.3 is 0 Å². The molecule has 0 unspecified atom stereocenters. The summed E-state index contributed by atoms with van der Waals surface area (Å²) in [5, 5.41) is 5.97. The van der Waals surface area contributed by atoms with Crippen LogP contribution < -0.4 is 10.6 Å². The number of carbonyl (C=O) groups is 2. The fourth-order valence-corrected chi connectivity index (χ4v) is 3.71. The Morgan fingerprint density at radius 1 is 1.19 bits per heavy atom. The van der Waals surface area contributed by atoms with E-state index in [-0.39, 0.29) is 17.7 Å². The number of nitrogens with one attached hydrogen (secondary N) is 2. The van der Waals surface area contributed by atoms with E-state index in [1.807, 2.05) is 25.1 Å². The third-order valence-corrected chi connectivity index (χ3v) is 6.04. The average Bonchev–Trinajstić information content (AvgIpc) is 2.57. The van der Waals surface area contributed by atoms with Crippen LogP contribution in [-0.4, -0.2) is 17.9 Å². The molecule has 0 spiro atoms. The molecule has 1 fully saturated rings. The summed E-state index contributed by atoms with van der Waals surface area (Å²) >= 11 is 3.47. The molecule has 2 rings (SSSR count). The summed E-state index contributed by atoms with van der Waals surface area (Å²) in [5.41, 5.74) is 1.81. The Balaban J connectivity index is 2.01. The van der Waals surface area contributed by atoms with Gasteiger partial charge in [0.25, 0.3) is 0 Å². The second-order valence-corrected chi connectivity index (χ2v) is 8.96. The van der Waals surface area contributed by atoms with E-state index in [1.165, 1.54) is 0 Å². The lowest BCUT2D eigenvalue weighted by atomic mass is 9.82. The van der Waals surface area contributed by atoms with E-state index < -0.39 is 6.04 Å². The molecule has 0 saturated heterocycles. The molecule has 2 N–H and O–H groups in total. The maximum Gasteiger partial charge on any atom is 0.246 e. The third kappa shape index (κ3) is 6.11. The molecular formula is C21H31BrN2O2. The highest BCUT2D eigenvalue weighted by Gasteiger charge is 2.28. The first-order chi connectivity index (χ1) is 12.3. The van der Waals surface area contributed by atoms with Crippen molar-refractivity contribution in [3.63, 3.8) is 0 Å². The molecule has 5 heteroatoms. The lowest BCUT2D eigenvalue weighted by Gasteiger charge is -2.28. The minimum absolute atomic E-state index is 0.0321. The van der Waals surface area contributed by atoms with Gasteiger partial charge in [0.15, 0.2) is 0 Å². The van der Waals surface area contributed by atoms with Crippen molar-refractivity contribution in [2.24, 2.45) is 17.8 Å². The number of hydrogen-bond acceptors (Lipinski definition) is 2. The van der Waals surface area contributed by atoms with Gasteiger partial charge in [-0.2, -0.15) is 0 Å². The van der Waals surface area contributed by atoms with Crippen LogP contribution in [0.5, 0.6) is 0 Å². The van der Waals surface area contributed by atoms with Gasteiger partial charge in [0.1, 0.15) is 6.04 Å². The fourth-order valence-electron chi connectivity index (χ4n) is 3.47. The number of anilines is 1. The summed E-state index contributed by atoms with van der Waals surface area (Å²) in [4.78, 5) is 25.4. The molecule has 2 amide bonds. The molecule has 4 nitrogen and oxygen atoms in total. The molecular weight excluding hydrogens is 392 g/mol. The van der Waals surface area contributed by atoms with E-state index in [0.29, 0.717) is 18.3 Å². The normalized spacial score (nSPS) is 21.3. The Hall–Kier alpha value is -1.36. The van der Waals surface area contributed by atoms with E-state index in [1.54, 1.807) is 0 Å². The van der Waals surface area contributed by atoms with Gasteiger partial charge in [0.2, 0.25) is 11.8 Å². The van der Waals surface area contributed by atoms with Gasteiger partial charge in [-0.1, -0.05) is 36.7 Å². The van der Waals surface area contributed by atoms with Gasteiger partial charge in [0, 0.05) is 16.1 Å². The number of aryl methyl sites for hydroxylation is 1. The minimum atomic E-state index is -0.495. The van der Waals surface area contributed by atoms with E-state index in [4.69, 9.17) is 0 Å². The van der Waals surface area contributed by atoms with Crippen LogP contribution in [0.3, 0.4) is 0 Å². The van der Waals surface area contributed by atoms with Gasteiger partial charge in [0.05, 0.1) is 0 Å². The predicted octanol–water partition coefficient (Wildman–Crippen LogP) is 5.05. The first-order valence-corrected chi connectivity index (χ1v) is 10.4. The number of rotatable bonds is 6. The summed E-state index contributed by atoms with van der Waals surface area (Å²) < 4.78 is 1.01. The maximum absolute atomic E-state index is 12.8. The van der Waals surface area contributed by atoms with Crippen molar-refractivity contribution in [2.75, 3.05) is 5.32 Å². The van der Waals surface area contributed by atoms with Crippen LogP contribution >= 0.6 is 15.9 Å². The molecule has 26 heavy (non-hydrogen) atoms. The van der Waals surface area contributed by atoms with Crippen molar-refractivity contribution in [1.82, 2.24) is 5.32 Å². The van der Waals surface area contributed by atoms with Gasteiger partial charge in [-0.3, -0.25) is 9.59 Å². The van der Waals surface area contributed by atoms with Crippen molar-refractivity contribution in [1.29, 1.82) is 0 Å². The zero-order valence-corrected chi connectivity index (χ0v) is 17.9. The molecule has 1 aromatic carbocycles. The summed E-state index contributed by atoms with van der Waals surface area (Å²) in [6.45, 7) is 8.36. The first kappa shape index (κ1) is 20.9. The van der Waals surface area contributed by atoms with E-state index in [9.17, 15) is 9.59 Å². The van der Waals surface area contributed by atoms with E-state index in [2.05, 4.69) is 47.3 Å². The van der Waals surface area contributed by atoms with Gasteiger partial charge in [-0.25, -0.2) is 0 Å². The summed E-state index contributed by atoms with van der Waals surface area (Å²) in [5.74, 6) is 0.963. The Morgan fingerprint density at radius 3 is 2.42 bits per heavy atom. The minimum Gasteiger partial charge on any atom is -0.344 e. The molecule has 1 aliphatic carbocycles. The highest BCUT2D eigenvalue weighted by atomic mass is 79.9. The van der Waals surface area contributed by atoms with E-state index in [0.717, 1.165) is 41.4 Å². The van der Waals surface area contributed by atoms with Crippen LogP contribution in [0.15, 0.2) is 22.7 Å². The second-order valence-electron chi connectivity index (χ2n) is 8.10. The molecule has 0 heterocycles. The SMILES string of the molecule is Cc1cc(NC(=O)[C@H](CC(C)C)NC(=O)C2CCC(C)CC2)ccc1Br. The maximum atomic E-state index is 12.8. The van der Waals surface area contributed by atoms with Gasteiger partial charge in [-0.05, 0) is 74.6 Å². The van der Waals surface area contributed by atoms with Crippen molar-refractivity contribution >= 4 is 33.4 Å². The van der Waals surface area contributed by atoms with Crippen LogP contribution in [0.1, 0.15) is 58.4 Å². The average molecular weight is 423 g/mol. The predicted molar refractivity (Wildman–Crippen MR) is 110 cm³/mol. The molecule has 1 aliphatic rings. The standard InChI is InChI=1S/C21H31BrN2O2/c1-13(2)11-19(24-20(25)16-7-5-14(3)6-8-16)21(26)23-17-9-10-18(22)15(4)12-17/h9-10,12-14,16,19H,5-8,11H2,1-4H3,(H,23,26)(H,24,25)/t14?,16?,19-/m0/s1. The molecule has 0 aromatic heterocycles. The monoisotopic (exact) mass is 422 g/mol. The molecule has 1 atom stereocenters. The summed E-state index contributed by atoms with van der Waals surface area (Å²) in [6, 6.07) is 5.22. The molecule has 144 valence electrons. The van der Waals surface area contributed by atoms with Crippen molar-refractivity contribution in [2.45, 2.75) is 65.8 Å². The Labute approximate surface area is 165 Å². The highest BCUT2D eigenvalue weighted by Crippen LogP contribution is 2.28. The molecule has 1 aromatic rings. The summed E-state index contributed by atoms with van der Waals surface area (Å²) in [7, 11) is 0. The zero-order chi connectivity index (χ0) is 19.3. The number of halogens is 1. The number of hydrogen-bond donors (Lipinski definition) is 2. The third-order valence-electron chi connectivity index (χ3n) is 5.15. The Bertz CT molecular complexity index is 637.